The fourth-order valence-electron chi connectivity index (χ4n) is 3.46. The van der Waals surface area contributed by atoms with E-state index < -0.39 is 0 Å². The minimum Gasteiger partial charge on any atom is -0.490 e. The summed E-state index contributed by atoms with van der Waals surface area (Å²) in [5.74, 6) is 3.62. The highest BCUT2D eigenvalue weighted by molar-refractivity contribution is 14.0. The molecule has 1 N–H and O–H groups in total. The molecule has 166 valence electrons. The lowest BCUT2D eigenvalue weighted by molar-refractivity contribution is 0.129. The van der Waals surface area contributed by atoms with Crippen LogP contribution in [0.3, 0.4) is 0 Å². The average molecular weight is 552 g/mol. The van der Waals surface area contributed by atoms with Crippen LogP contribution in [0.25, 0.3) is 0 Å². The van der Waals surface area contributed by atoms with Crippen molar-refractivity contribution in [1.29, 1.82) is 0 Å². The Morgan fingerprint density at radius 3 is 2.58 bits per heavy atom. The van der Waals surface area contributed by atoms with E-state index in [1.165, 1.54) is 4.88 Å². The van der Waals surface area contributed by atoms with Crippen LogP contribution in [0.5, 0.6) is 5.75 Å². The molecule has 0 unspecified atom stereocenters. The predicted molar refractivity (Wildman–Crippen MR) is 135 cm³/mol. The first kappa shape index (κ1) is 23.5. The van der Waals surface area contributed by atoms with Gasteiger partial charge in [0, 0.05) is 37.9 Å². The molecule has 0 amide bonds. The van der Waals surface area contributed by atoms with E-state index >= 15 is 0 Å². The first-order valence-corrected chi connectivity index (χ1v) is 11.2. The van der Waals surface area contributed by atoms with Gasteiger partial charge < -0.3 is 19.5 Å². The zero-order valence-corrected chi connectivity index (χ0v) is 21.0. The van der Waals surface area contributed by atoms with Crippen molar-refractivity contribution in [3.63, 3.8) is 0 Å². The van der Waals surface area contributed by atoms with Gasteiger partial charge >= 0.3 is 0 Å². The molecule has 0 aliphatic carbocycles. The number of guanidine groups is 1. The molecule has 4 rings (SSSR count). The van der Waals surface area contributed by atoms with Crippen LogP contribution in [-0.2, 0) is 20.1 Å². The molecular formula is C22H29IN6OS. The number of aliphatic imine (C=N–C) groups is 1. The number of ether oxygens (including phenoxy) is 1. The summed E-state index contributed by atoms with van der Waals surface area (Å²) in [7, 11) is 1.98. The molecule has 1 saturated heterocycles. The molecule has 0 saturated carbocycles. The molecule has 0 spiro atoms. The van der Waals surface area contributed by atoms with Crippen LogP contribution >= 0.6 is 35.3 Å². The zero-order chi connectivity index (χ0) is 20.8. The van der Waals surface area contributed by atoms with E-state index in [1.54, 1.807) is 11.3 Å². The molecule has 7 nitrogen and oxygen atoms in total. The normalized spacial score (nSPS) is 14.9. The minimum absolute atomic E-state index is 0. The van der Waals surface area contributed by atoms with Gasteiger partial charge in [0.05, 0.1) is 6.54 Å². The molecule has 0 bridgehead atoms. The number of aryl methyl sites for hydroxylation is 1. The van der Waals surface area contributed by atoms with Gasteiger partial charge in [-0.3, -0.25) is 0 Å². The molecule has 31 heavy (non-hydrogen) atoms. The van der Waals surface area contributed by atoms with Gasteiger partial charge in [-0.05, 0) is 30.5 Å². The highest BCUT2D eigenvalue weighted by Crippen LogP contribution is 2.19. The molecule has 0 atom stereocenters. The molecule has 2 aromatic heterocycles. The van der Waals surface area contributed by atoms with Crippen molar-refractivity contribution in [3.05, 3.63) is 64.4 Å². The van der Waals surface area contributed by atoms with Crippen molar-refractivity contribution >= 4 is 41.3 Å². The van der Waals surface area contributed by atoms with Gasteiger partial charge in [0.2, 0.25) is 0 Å². The van der Waals surface area contributed by atoms with Crippen LogP contribution in [0.1, 0.15) is 29.4 Å². The number of likely N-dealkylation sites (tertiary alicyclic amines) is 1. The fourth-order valence-corrected chi connectivity index (χ4v) is 4.10. The van der Waals surface area contributed by atoms with Gasteiger partial charge in [0.25, 0.3) is 0 Å². The number of hydrogen-bond donors (Lipinski definition) is 1. The Kier molecular flexibility index (Phi) is 8.70. The average Bonchev–Trinajstić information content (AvgIpc) is 3.40. The zero-order valence-electron chi connectivity index (χ0n) is 17.9. The van der Waals surface area contributed by atoms with E-state index in [9.17, 15) is 0 Å². The number of rotatable bonds is 6. The van der Waals surface area contributed by atoms with Crippen LogP contribution in [-0.4, -0.2) is 44.8 Å². The lowest BCUT2D eigenvalue weighted by atomic mass is 10.1. The lowest BCUT2D eigenvalue weighted by Gasteiger charge is -2.34. The number of aromatic nitrogens is 3. The van der Waals surface area contributed by atoms with Gasteiger partial charge in [0.15, 0.2) is 11.8 Å². The van der Waals surface area contributed by atoms with E-state index in [0.29, 0.717) is 6.54 Å². The number of hydrogen-bond acceptors (Lipinski definition) is 5. The van der Waals surface area contributed by atoms with Crippen molar-refractivity contribution in [2.75, 3.05) is 13.1 Å². The Balaban J connectivity index is 0.00000272. The lowest BCUT2D eigenvalue weighted by Crippen LogP contribution is -2.47. The summed E-state index contributed by atoms with van der Waals surface area (Å²) in [6.45, 7) is 5.05. The number of piperidine rings is 1. The maximum Gasteiger partial charge on any atom is 0.194 e. The quantitative estimate of drug-likeness (QED) is 0.285. The van der Waals surface area contributed by atoms with Gasteiger partial charge in [0.1, 0.15) is 24.2 Å². The fraction of sp³-hybridized carbons (Fsp3) is 0.409. The number of thiophene rings is 1. The number of para-hydroxylation sites is 1. The molecule has 1 aromatic carbocycles. The second-order valence-corrected chi connectivity index (χ2v) is 8.44. The second kappa shape index (κ2) is 11.5. The molecular weight excluding hydrogens is 523 g/mol. The summed E-state index contributed by atoms with van der Waals surface area (Å²) in [5, 5.41) is 14.0. The summed E-state index contributed by atoms with van der Waals surface area (Å²) in [4.78, 5) is 8.48. The summed E-state index contributed by atoms with van der Waals surface area (Å²) in [6, 6.07) is 14.3. The summed E-state index contributed by atoms with van der Waals surface area (Å²) in [5.41, 5.74) is 0. The predicted octanol–water partition coefficient (Wildman–Crippen LogP) is 3.99. The monoisotopic (exact) mass is 552 g/mol. The van der Waals surface area contributed by atoms with E-state index in [-0.39, 0.29) is 30.1 Å². The van der Waals surface area contributed by atoms with E-state index in [4.69, 9.17) is 9.73 Å². The van der Waals surface area contributed by atoms with Gasteiger partial charge in [-0.25, -0.2) is 4.99 Å². The largest absolute Gasteiger partial charge is 0.490 e. The molecule has 0 radical (unpaired) electrons. The topological polar surface area (TPSA) is 67.6 Å². The van der Waals surface area contributed by atoms with Crippen molar-refractivity contribution in [3.8, 4) is 5.75 Å². The molecule has 1 aliphatic rings. The third kappa shape index (κ3) is 6.42. The third-order valence-corrected chi connectivity index (χ3v) is 6.22. The van der Waals surface area contributed by atoms with E-state index in [1.807, 2.05) is 48.9 Å². The first-order valence-electron chi connectivity index (χ1n) is 10.3. The van der Waals surface area contributed by atoms with Gasteiger partial charge in [-0.1, -0.05) is 24.3 Å². The highest BCUT2D eigenvalue weighted by Gasteiger charge is 2.23. The van der Waals surface area contributed by atoms with E-state index in [2.05, 4.69) is 37.9 Å². The van der Waals surface area contributed by atoms with Crippen LogP contribution in [0, 0.1) is 6.92 Å². The summed E-state index contributed by atoms with van der Waals surface area (Å²) in [6.07, 6.45) is 2.18. The Morgan fingerprint density at radius 2 is 1.94 bits per heavy atom. The molecule has 1 fully saturated rings. The molecule has 1 aliphatic heterocycles. The maximum absolute atomic E-state index is 6.14. The van der Waals surface area contributed by atoms with Crippen LogP contribution < -0.4 is 10.1 Å². The van der Waals surface area contributed by atoms with E-state index in [0.717, 1.165) is 55.8 Å². The Bertz CT molecular complexity index is 952. The first-order chi connectivity index (χ1) is 14.7. The number of nitrogens with one attached hydrogen (secondary N) is 1. The van der Waals surface area contributed by atoms with Crippen molar-refractivity contribution in [2.24, 2.45) is 12.0 Å². The van der Waals surface area contributed by atoms with Crippen molar-refractivity contribution in [1.82, 2.24) is 25.0 Å². The molecule has 9 heteroatoms. The number of halogens is 1. The van der Waals surface area contributed by atoms with Gasteiger partial charge in [-0.2, -0.15) is 0 Å². The summed E-state index contributed by atoms with van der Waals surface area (Å²) >= 11 is 1.75. The summed E-state index contributed by atoms with van der Waals surface area (Å²) < 4.78 is 8.13. The smallest absolute Gasteiger partial charge is 0.194 e. The second-order valence-electron chi connectivity index (χ2n) is 7.41. The standard InChI is InChI=1S/C22H28N6OS.HI/c1-17-25-26-21(27(17)2)16-24-22(23-15-20-9-6-14-30-20)28-12-10-19(11-13-28)29-18-7-4-3-5-8-18;/h3-9,14,19H,10-13,15-16H2,1-2H3,(H,23,24);1H. The highest BCUT2D eigenvalue weighted by atomic mass is 127. The van der Waals surface area contributed by atoms with Crippen LogP contribution in [0.4, 0.5) is 0 Å². The Hall–Kier alpha value is -2.14. The van der Waals surface area contributed by atoms with Crippen molar-refractivity contribution in [2.45, 2.75) is 39.0 Å². The Morgan fingerprint density at radius 1 is 1.16 bits per heavy atom. The Labute approximate surface area is 204 Å². The SMILES string of the molecule is Cc1nnc(CN=C(NCc2cccs2)N2CCC(Oc3ccccc3)CC2)n1C.I. The third-order valence-electron chi connectivity index (χ3n) is 5.34. The van der Waals surface area contributed by atoms with Crippen LogP contribution in [0.2, 0.25) is 0 Å². The maximum atomic E-state index is 6.14. The molecule has 3 heterocycles. The molecule has 3 aromatic rings. The minimum atomic E-state index is 0. The number of nitrogens with zero attached hydrogens (tertiary/aromatic N) is 5. The van der Waals surface area contributed by atoms with Crippen LogP contribution in [0.15, 0.2) is 52.8 Å². The van der Waals surface area contributed by atoms with Crippen molar-refractivity contribution < 1.29 is 4.74 Å². The van der Waals surface area contributed by atoms with Gasteiger partial charge in [-0.15, -0.1) is 45.5 Å². The number of benzene rings is 1.